The maximum absolute atomic E-state index is 5.27. The molecule has 10 heavy (non-hydrogen) atoms. The Hall–Kier alpha value is -1.38. The molecule has 1 aromatic rings. The van der Waals surface area contributed by atoms with Crippen molar-refractivity contribution in [3.63, 3.8) is 0 Å². The maximum atomic E-state index is 5.27. The third-order valence-corrected chi connectivity index (χ3v) is 1.11. The quantitative estimate of drug-likeness (QED) is 0.610. The van der Waals surface area contributed by atoms with Crippen molar-refractivity contribution < 1.29 is 0 Å². The summed E-state index contributed by atoms with van der Waals surface area (Å²) in [7, 11) is 0. The van der Waals surface area contributed by atoms with E-state index in [1.165, 1.54) is 0 Å². The molecule has 0 fully saturated rings. The van der Waals surface area contributed by atoms with Gasteiger partial charge in [-0.3, -0.25) is 0 Å². The molecule has 3 nitrogen and oxygen atoms in total. The van der Waals surface area contributed by atoms with Gasteiger partial charge in [0.1, 0.15) is 0 Å². The third-order valence-electron chi connectivity index (χ3n) is 1.11. The number of nitrogens with zero attached hydrogens (tertiary/aromatic N) is 2. The molecular formula is C7H9N3. The summed E-state index contributed by atoms with van der Waals surface area (Å²) in [5, 5.41) is 0. The predicted octanol–water partition coefficient (Wildman–Crippen LogP) is 0.787. The van der Waals surface area contributed by atoms with E-state index in [1.807, 2.05) is 0 Å². The lowest BCUT2D eigenvalue weighted by molar-refractivity contribution is 1.11. The van der Waals surface area contributed by atoms with E-state index in [-0.39, 0.29) is 0 Å². The van der Waals surface area contributed by atoms with Gasteiger partial charge < -0.3 is 5.73 Å². The van der Waals surface area contributed by atoms with Crippen LogP contribution in [0.1, 0.15) is 5.56 Å². The second kappa shape index (κ2) is 2.96. The van der Waals surface area contributed by atoms with Gasteiger partial charge in [-0.25, -0.2) is 9.97 Å². The van der Waals surface area contributed by atoms with Gasteiger partial charge in [0.25, 0.3) is 0 Å². The molecule has 0 amide bonds. The molecule has 2 N–H and O–H groups in total. The van der Waals surface area contributed by atoms with Crippen LogP contribution in [-0.2, 0) is 6.42 Å². The minimum Gasteiger partial charge on any atom is -0.368 e. The van der Waals surface area contributed by atoms with Gasteiger partial charge in [-0.1, -0.05) is 6.08 Å². The molecule has 0 saturated heterocycles. The molecular weight excluding hydrogens is 126 g/mol. The first-order valence-corrected chi connectivity index (χ1v) is 3.00. The average molecular weight is 135 g/mol. The largest absolute Gasteiger partial charge is 0.368 e. The highest BCUT2D eigenvalue weighted by atomic mass is 15.0. The highest BCUT2D eigenvalue weighted by Gasteiger charge is 1.89. The molecule has 0 bridgehead atoms. The average Bonchev–Trinajstić information content (AvgIpc) is 1.95. The van der Waals surface area contributed by atoms with Crippen LogP contribution in [0.25, 0.3) is 0 Å². The summed E-state index contributed by atoms with van der Waals surface area (Å²) in [6.45, 7) is 3.59. The Morgan fingerprint density at radius 2 is 2.10 bits per heavy atom. The van der Waals surface area contributed by atoms with Crippen LogP contribution < -0.4 is 5.73 Å². The zero-order valence-electron chi connectivity index (χ0n) is 5.62. The van der Waals surface area contributed by atoms with Crippen molar-refractivity contribution in [1.82, 2.24) is 9.97 Å². The van der Waals surface area contributed by atoms with Crippen molar-refractivity contribution in [2.45, 2.75) is 6.42 Å². The summed E-state index contributed by atoms with van der Waals surface area (Å²) in [6.07, 6.45) is 5.99. The summed E-state index contributed by atoms with van der Waals surface area (Å²) in [6, 6.07) is 0. The Kier molecular flexibility index (Phi) is 1.99. The van der Waals surface area contributed by atoms with Gasteiger partial charge in [-0.05, 0) is 12.0 Å². The van der Waals surface area contributed by atoms with Gasteiger partial charge >= 0.3 is 0 Å². The van der Waals surface area contributed by atoms with Gasteiger partial charge in [0.05, 0.1) is 0 Å². The first-order chi connectivity index (χ1) is 4.83. The van der Waals surface area contributed by atoms with Crippen molar-refractivity contribution in [1.29, 1.82) is 0 Å². The van der Waals surface area contributed by atoms with Crippen molar-refractivity contribution in [2.24, 2.45) is 0 Å². The Morgan fingerprint density at radius 1 is 1.50 bits per heavy atom. The molecule has 1 aromatic heterocycles. The normalized spacial score (nSPS) is 9.20. The van der Waals surface area contributed by atoms with Crippen molar-refractivity contribution >= 4 is 5.95 Å². The Labute approximate surface area is 59.6 Å². The van der Waals surface area contributed by atoms with E-state index in [1.54, 1.807) is 18.5 Å². The monoisotopic (exact) mass is 135 g/mol. The first-order valence-electron chi connectivity index (χ1n) is 3.00. The van der Waals surface area contributed by atoms with E-state index in [9.17, 15) is 0 Å². The zero-order chi connectivity index (χ0) is 7.40. The zero-order valence-corrected chi connectivity index (χ0v) is 5.62. The third kappa shape index (κ3) is 1.55. The van der Waals surface area contributed by atoms with Crippen molar-refractivity contribution in [3.05, 3.63) is 30.6 Å². The summed E-state index contributed by atoms with van der Waals surface area (Å²) in [4.78, 5) is 7.63. The molecule has 0 aliphatic heterocycles. The predicted molar refractivity (Wildman–Crippen MR) is 40.3 cm³/mol. The van der Waals surface area contributed by atoms with E-state index in [0.29, 0.717) is 5.95 Å². The summed E-state index contributed by atoms with van der Waals surface area (Å²) < 4.78 is 0. The van der Waals surface area contributed by atoms with Crippen LogP contribution in [0.2, 0.25) is 0 Å². The Balaban J connectivity index is 2.78. The summed E-state index contributed by atoms with van der Waals surface area (Å²) >= 11 is 0. The molecule has 52 valence electrons. The van der Waals surface area contributed by atoms with Crippen LogP contribution in [0.5, 0.6) is 0 Å². The fourth-order valence-electron chi connectivity index (χ4n) is 0.637. The molecule has 0 saturated carbocycles. The van der Waals surface area contributed by atoms with E-state index in [4.69, 9.17) is 5.73 Å². The van der Waals surface area contributed by atoms with Crippen molar-refractivity contribution in [3.8, 4) is 0 Å². The Bertz CT molecular complexity index is 215. The minimum absolute atomic E-state index is 0.313. The van der Waals surface area contributed by atoms with Crippen LogP contribution in [0.4, 0.5) is 5.95 Å². The lowest BCUT2D eigenvalue weighted by Crippen LogP contribution is -1.94. The molecule has 1 rings (SSSR count). The van der Waals surface area contributed by atoms with Crippen LogP contribution in [0.3, 0.4) is 0 Å². The van der Waals surface area contributed by atoms with Gasteiger partial charge in [0.2, 0.25) is 5.95 Å². The second-order valence-electron chi connectivity index (χ2n) is 1.94. The highest BCUT2D eigenvalue weighted by Crippen LogP contribution is 1.97. The topological polar surface area (TPSA) is 51.8 Å². The minimum atomic E-state index is 0.313. The number of anilines is 1. The molecule has 0 aromatic carbocycles. The van der Waals surface area contributed by atoms with Gasteiger partial charge in [-0.2, -0.15) is 0 Å². The maximum Gasteiger partial charge on any atom is 0.219 e. The molecule has 0 radical (unpaired) electrons. The van der Waals surface area contributed by atoms with Gasteiger partial charge in [0, 0.05) is 12.4 Å². The van der Waals surface area contributed by atoms with Gasteiger partial charge in [-0.15, -0.1) is 6.58 Å². The molecule has 0 unspecified atom stereocenters. The standard InChI is InChI=1S/C7H9N3/c1-2-3-6-4-9-7(8)10-5-6/h2,4-5H,1,3H2,(H2,8,9,10). The number of allylic oxidation sites excluding steroid dienone is 1. The van der Waals surface area contributed by atoms with E-state index < -0.39 is 0 Å². The fourth-order valence-corrected chi connectivity index (χ4v) is 0.637. The second-order valence-corrected chi connectivity index (χ2v) is 1.94. The molecule has 0 atom stereocenters. The SMILES string of the molecule is C=CCc1cnc(N)nc1. The van der Waals surface area contributed by atoms with E-state index in [0.717, 1.165) is 12.0 Å². The fraction of sp³-hybridized carbons (Fsp3) is 0.143. The van der Waals surface area contributed by atoms with Crippen LogP contribution >= 0.6 is 0 Å². The summed E-state index contributed by atoms with van der Waals surface area (Å²) in [5.74, 6) is 0.313. The molecule has 0 spiro atoms. The highest BCUT2D eigenvalue weighted by molar-refractivity contribution is 5.18. The molecule has 0 aliphatic rings. The lowest BCUT2D eigenvalue weighted by Gasteiger charge is -1.93. The lowest BCUT2D eigenvalue weighted by atomic mass is 10.2. The van der Waals surface area contributed by atoms with E-state index in [2.05, 4.69) is 16.5 Å². The molecule has 0 aliphatic carbocycles. The smallest absolute Gasteiger partial charge is 0.219 e. The Morgan fingerprint density at radius 3 is 2.60 bits per heavy atom. The first kappa shape index (κ1) is 6.74. The summed E-state index contributed by atoms with van der Waals surface area (Å²) in [5.41, 5.74) is 6.31. The van der Waals surface area contributed by atoms with Crippen LogP contribution in [0, 0.1) is 0 Å². The molecule has 3 heteroatoms. The number of aromatic nitrogens is 2. The van der Waals surface area contributed by atoms with Crippen LogP contribution in [0.15, 0.2) is 25.0 Å². The number of hydrogen-bond donors (Lipinski definition) is 1. The van der Waals surface area contributed by atoms with Crippen LogP contribution in [-0.4, -0.2) is 9.97 Å². The molecule has 1 heterocycles. The van der Waals surface area contributed by atoms with E-state index >= 15 is 0 Å². The number of nitrogens with two attached hydrogens (primary N) is 1. The number of nitrogen functional groups attached to an aromatic ring is 1. The van der Waals surface area contributed by atoms with Gasteiger partial charge in [0.15, 0.2) is 0 Å². The van der Waals surface area contributed by atoms with Crippen molar-refractivity contribution in [2.75, 3.05) is 5.73 Å². The number of hydrogen-bond acceptors (Lipinski definition) is 3. The number of rotatable bonds is 2.